The Hall–Kier alpha value is -0.340. The molecule has 2 rings (SSSR count). The van der Waals surface area contributed by atoms with Gasteiger partial charge in [-0.05, 0) is 57.3 Å². The third-order valence-electron chi connectivity index (χ3n) is 2.67. The first-order valence-corrected chi connectivity index (χ1v) is 5.97. The van der Waals surface area contributed by atoms with Crippen molar-refractivity contribution in [3.63, 3.8) is 0 Å². The number of hydrogen-bond donors (Lipinski definition) is 1. The van der Waals surface area contributed by atoms with Gasteiger partial charge in [-0.3, -0.25) is 0 Å². The zero-order valence-electron chi connectivity index (χ0n) is 8.23. The van der Waals surface area contributed by atoms with Crippen LogP contribution in [0, 0.1) is 0 Å². The summed E-state index contributed by atoms with van der Waals surface area (Å²) in [6, 6.07) is 2.43. The van der Waals surface area contributed by atoms with Crippen molar-refractivity contribution >= 4 is 11.3 Å². The van der Waals surface area contributed by atoms with Crippen LogP contribution in [0.25, 0.3) is 0 Å². The second kappa shape index (κ2) is 4.25. The minimum Gasteiger partial charge on any atom is -0.319 e. The predicted molar refractivity (Wildman–Crippen MR) is 58.6 cm³/mol. The van der Waals surface area contributed by atoms with Crippen LogP contribution in [0.3, 0.4) is 0 Å². The molecule has 0 aliphatic heterocycles. The molecule has 1 nitrogen and oxygen atoms in total. The first kappa shape index (κ1) is 9.22. The number of rotatable bonds is 3. The largest absolute Gasteiger partial charge is 0.319 e. The van der Waals surface area contributed by atoms with Crippen molar-refractivity contribution in [2.45, 2.75) is 32.1 Å². The molecule has 1 N–H and O–H groups in total. The summed E-state index contributed by atoms with van der Waals surface area (Å²) in [4.78, 5) is 3.23. The van der Waals surface area contributed by atoms with Crippen molar-refractivity contribution in [2.24, 2.45) is 0 Å². The third kappa shape index (κ3) is 2.12. The van der Waals surface area contributed by atoms with Crippen LogP contribution in [0.2, 0.25) is 0 Å². The van der Waals surface area contributed by atoms with Gasteiger partial charge in [0.25, 0.3) is 0 Å². The van der Waals surface area contributed by atoms with Gasteiger partial charge in [0.05, 0.1) is 0 Å². The van der Waals surface area contributed by atoms with Crippen LogP contribution in [0.4, 0.5) is 0 Å². The topological polar surface area (TPSA) is 12.0 Å². The highest BCUT2D eigenvalue weighted by Gasteiger charge is 2.12. The Morgan fingerprint density at radius 1 is 1.38 bits per heavy atom. The molecule has 0 atom stereocenters. The van der Waals surface area contributed by atoms with Crippen LogP contribution in [0.15, 0.2) is 6.07 Å². The molecule has 1 aliphatic carbocycles. The molecule has 0 bridgehead atoms. The molecule has 0 saturated carbocycles. The second-order valence-electron chi connectivity index (χ2n) is 3.72. The molecular weight excluding hydrogens is 178 g/mol. The molecule has 0 saturated heterocycles. The van der Waals surface area contributed by atoms with E-state index in [1.165, 1.54) is 32.1 Å². The minimum atomic E-state index is 1.11. The van der Waals surface area contributed by atoms with E-state index in [1.54, 1.807) is 15.3 Å². The molecule has 72 valence electrons. The maximum atomic E-state index is 3.20. The summed E-state index contributed by atoms with van der Waals surface area (Å²) in [6.07, 6.45) is 6.66. The lowest BCUT2D eigenvalue weighted by Crippen LogP contribution is -2.09. The zero-order valence-corrected chi connectivity index (χ0v) is 9.04. The van der Waals surface area contributed by atoms with Gasteiger partial charge in [-0.1, -0.05) is 0 Å². The molecule has 1 aliphatic rings. The molecule has 0 fully saturated rings. The standard InChI is InChI=1S/C11H17NS/c1-12-7-6-10-8-9-4-2-3-5-11(9)13-10/h8,12H,2-7H2,1H3. The molecule has 13 heavy (non-hydrogen) atoms. The summed E-state index contributed by atoms with van der Waals surface area (Å²) in [7, 11) is 2.02. The number of likely N-dealkylation sites (N-methyl/N-ethyl adjacent to an activating group) is 1. The summed E-state index contributed by atoms with van der Waals surface area (Å²) < 4.78 is 0. The van der Waals surface area contributed by atoms with Gasteiger partial charge in [0.15, 0.2) is 0 Å². The number of thiophene rings is 1. The fourth-order valence-electron chi connectivity index (χ4n) is 1.92. The van der Waals surface area contributed by atoms with Gasteiger partial charge in [0.1, 0.15) is 0 Å². The Bertz CT molecular complexity index is 254. The maximum absolute atomic E-state index is 3.20. The monoisotopic (exact) mass is 195 g/mol. The van der Waals surface area contributed by atoms with Crippen molar-refractivity contribution in [1.82, 2.24) is 5.32 Å². The van der Waals surface area contributed by atoms with Crippen molar-refractivity contribution in [3.05, 3.63) is 21.4 Å². The second-order valence-corrected chi connectivity index (χ2v) is 4.94. The van der Waals surface area contributed by atoms with Crippen LogP contribution >= 0.6 is 11.3 Å². The highest BCUT2D eigenvalue weighted by Crippen LogP contribution is 2.29. The van der Waals surface area contributed by atoms with E-state index in [2.05, 4.69) is 11.4 Å². The first-order chi connectivity index (χ1) is 6.40. The molecule has 0 unspecified atom stereocenters. The lowest BCUT2D eigenvalue weighted by atomic mass is 9.99. The van der Waals surface area contributed by atoms with Gasteiger partial charge in [-0.25, -0.2) is 0 Å². The van der Waals surface area contributed by atoms with E-state index in [1.807, 2.05) is 18.4 Å². The average molecular weight is 195 g/mol. The van der Waals surface area contributed by atoms with Gasteiger partial charge in [-0.2, -0.15) is 0 Å². The van der Waals surface area contributed by atoms with Crippen molar-refractivity contribution in [1.29, 1.82) is 0 Å². The summed E-state index contributed by atoms with van der Waals surface area (Å²) in [5.41, 5.74) is 1.64. The van der Waals surface area contributed by atoms with E-state index in [9.17, 15) is 0 Å². The Balaban J connectivity index is 2.07. The van der Waals surface area contributed by atoms with Gasteiger partial charge in [0.2, 0.25) is 0 Å². The smallest absolute Gasteiger partial charge is 0.00801 e. The molecular formula is C11H17NS. The van der Waals surface area contributed by atoms with Crippen LogP contribution < -0.4 is 5.32 Å². The van der Waals surface area contributed by atoms with Gasteiger partial charge >= 0.3 is 0 Å². The fourth-order valence-corrected chi connectivity index (χ4v) is 3.18. The Kier molecular flexibility index (Phi) is 3.01. The van der Waals surface area contributed by atoms with Crippen molar-refractivity contribution in [3.8, 4) is 0 Å². The van der Waals surface area contributed by atoms with Crippen LogP contribution in [-0.2, 0) is 19.3 Å². The highest BCUT2D eigenvalue weighted by molar-refractivity contribution is 7.12. The summed E-state index contributed by atoms with van der Waals surface area (Å²) in [6.45, 7) is 1.11. The molecule has 0 spiro atoms. The normalized spacial score (nSPS) is 15.8. The number of hydrogen-bond acceptors (Lipinski definition) is 2. The number of fused-ring (bicyclic) bond motifs is 1. The van der Waals surface area contributed by atoms with E-state index in [0.29, 0.717) is 0 Å². The average Bonchev–Trinajstić information content (AvgIpc) is 2.57. The number of aryl methyl sites for hydroxylation is 2. The van der Waals surface area contributed by atoms with E-state index >= 15 is 0 Å². The van der Waals surface area contributed by atoms with Gasteiger partial charge < -0.3 is 5.32 Å². The Morgan fingerprint density at radius 2 is 2.23 bits per heavy atom. The van der Waals surface area contributed by atoms with Gasteiger partial charge in [-0.15, -0.1) is 11.3 Å². The predicted octanol–water partition coefficient (Wildman–Crippen LogP) is 2.39. The molecule has 0 aromatic carbocycles. The minimum absolute atomic E-state index is 1.11. The molecule has 0 amide bonds. The van der Waals surface area contributed by atoms with Crippen LogP contribution in [-0.4, -0.2) is 13.6 Å². The summed E-state index contributed by atoms with van der Waals surface area (Å²) in [5, 5.41) is 3.20. The molecule has 2 heteroatoms. The maximum Gasteiger partial charge on any atom is 0.00801 e. The highest BCUT2D eigenvalue weighted by atomic mass is 32.1. The Morgan fingerprint density at radius 3 is 3.00 bits per heavy atom. The van der Waals surface area contributed by atoms with Crippen molar-refractivity contribution in [2.75, 3.05) is 13.6 Å². The van der Waals surface area contributed by atoms with Gasteiger partial charge in [0, 0.05) is 9.75 Å². The lowest BCUT2D eigenvalue weighted by molar-refractivity contribution is 0.696. The van der Waals surface area contributed by atoms with E-state index in [-0.39, 0.29) is 0 Å². The molecule has 1 heterocycles. The SMILES string of the molecule is CNCCc1cc2c(s1)CCCC2. The van der Waals surface area contributed by atoms with Crippen molar-refractivity contribution < 1.29 is 0 Å². The van der Waals surface area contributed by atoms with E-state index < -0.39 is 0 Å². The quantitative estimate of drug-likeness (QED) is 0.781. The lowest BCUT2D eigenvalue weighted by Gasteiger charge is -2.08. The third-order valence-corrected chi connectivity index (χ3v) is 3.97. The summed E-state index contributed by atoms with van der Waals surface area (Å²) >= 11 is 2.04. The Labute approximate surface area is 84.2 Å². The van der Waals surface area contributed by atoms with Crippen LogP contribution in [0.5, 0.6) is 0 Å². The van der Waals surface area contributed by atoms with Crippen LogP contribution in [0.1, 0.15) is 28.2 Å². The molecule has 0 radical (unpaired) electrons. The zero-order chi connectivity index (χ0) is 9.10. The van der Waals surface area contributed by atoms with E-state index in [4.69, 9.17) is 0 Å². The summed E-state index contributed by atoms with van der Waals surface area (Å²) in [5.74, 6) is 0. The molecule has 1 aromatic heterocycles. The number of nitrogens with one attached hydrogen (secondary N) is 1. The first-order valence-electron chi connectivity index (χ1n) is 5.15. The fraction of sp³-hybridized carbons (Fsp3) is 0.636. The van der Waals surface area contributed by atoms with E-state index in [0.717, 1.165) is 6.54 Å². The molecule has 1 aromatic rings.